The number of aliphatic hydroxyl groups excluding tert-OH is 1. The first kappa shape index (κ1) is 13.6. The molecule has 0 aromatic heterocycles. The smallest absolute Gasteiger partial charge is 0.160 e. The van der Waals surface area contributed by atoms with Gasteiger partial charge in [-0.25, -0.2) is 0 Å². The summed E-state index contributed by atoms with van der Waals surface area (Å²) in [4.78, 5) is 0. The van der Waals surface area contributed by atoms with Crippen LogP contribution in [0.3, 0.4) is 0 Å². The molecule has 1 heterocycles. The van der Waals surface area contributed by atoms with Crippen LogP contribution in [-0.4, -0.2) is 30.7 Å². The van der Waals surface area contributed by atoms with Gasteiger partial charge in [-0.2, -0.15) is 0 Å². The molecule has 3 rings (SSSR count). The molecular weight excluding hydrogens is 240 g/mol. The zero-order valence-corrected chi connectivity index (χ0v) is 12.4. The van der Waals surface area contributed by atoms with Crippen LogP contribution in [-0.2, 0) is 9.47 Å². The highest BCUT2D eigenvalue weighted by Crippen LogP contribution is 2.59. The van der Waals surface area contributed by atoms with E-state index >= 15 is 0 Å². The number of allylic oxidation sites excluding steroid dienone is 1. The molecule has 0 aromatic rings. The summed E-state index contributed by atoms with van der Waals surface area (Å²) >= 11 is 0. The van der Waals surface area contributed by atoms with E-state index in [4.69, 9.17) is 9.47 Å². The van der Waals surface area contributed by atoms with E-state index in [0.29, 0.717) is 23.9 Å². The fraction of sp³-hybridized carbons (Fsp3) is 0.875. The largest absolute Gasteiger partial charge is 0.389 e. The maximum absolute atomic E-state index is 10.0. The Bertz CT molecular complexity index is 389. The van der Waals surface area contributed by atoms with Crippen molar-refractivity contribution in [1.82, 2.24) is 0 Å². The van der Waals surface area contributed by atoms with Crippen molar-refractivity contribution in [3.63, 3.8) is 0 Å². The second kappa shape index (κ2) is 4.57. The standard InChI is InChI=1S/C16H26O3/c1-9-7-12(17)8-11-5-6-13-14(16(9,11)3)10(2)15(18-4)19-13/h8-10,12-15,17H,5-7H2,1-4H3/t9-,10-,12-,13+,14-,15-,16+/m0/s1. The van der Waals surface area contributed by atoms with Crippen molar-refractivity contribution < 1.29 is 14.6 Å². The summed E-state index contributed by atoms with van der Waals surface area (Å²) in [6, 6.07) is 0. The molecule has 0 amide bonds. The number of ether oxygens (including phenoxy) is 2. The fourth-order valence-corrected chi connectivity index (χ4v) is 4.94. The SMILES string of the molecule is CO[C@H]1O[C@@H]2CCC3=C[C@@H](O)C[C@H](C)[C@@]3(C)[C@H]2[C@@H]1C. The minimum atomic E-state index is -0.259. The maximum atomic E-state index is 10.0. The molecule has 0 spiro atoms. The average molecular weight is 266 g/mol. The molecule has 0 bridgehead atoms. The molecule has 19 heavy (non-hydrogen) atoms. The van der Waals surface area contributed by atoms with Crippen molar-refractivity contribution >= 4 is 0 Å². The first-order valence-electron chi connectivity index (χ1n) is 7.56. The minimum absolute atomic E-state index is 0.0646. The Hall–Kier alpha value is -0.380. The minimum Gasteiger partial charge on any atom is -0.389 e. The number of hydrogen-bond donors (Lipinski definition) is 1. The number of aliphatic hydroxyl groups is 1. The maximum Gasteiger partial charge on any atom is 0.160 e. The molecule has 1 saturated heterocycles. The van der Waals surface area contributed by atoms with Gasteiger partial charge in [0.15, 0.2) is 6.29 Å². The van der Waals surface area contributed by atoms with Gasteiger partial charge in [-0.15, -0.1) is 0 Å². The molecule has 2 aliphatic carbocycles. The molecule has 1 saturated carbocycles. The van der Waals surface area contributed by atoms with E-state index in [1.54, 1.807) is 7.11 Å². The van der Waals surface area contributed by atoms with Crippen molar-refractivity contribution in [3.05, 3.63) is 11.6 Å². The second-order valence-corrected chi connectivity index (χ2v) is 6.88. The van der Waals surface area contributed by atoms with Gasteiger partial charge in [0.2, 0.25) is 0 Å². The Kier molecular flexibility index (Phi) is 3.27. The van der Waals surface area contributed by atoms with Crippen molar-refractivity contribution in [2.75, 3.05) is 7.11 Å². The van der Waals surface area contributed by atoms with Crippen LogP contribution in [0.2, 0.25) is 0 Å². The van der Waals surface area contributed by atoms with Crippen molar-refractivity contribution in [2.45, 2.75) is 58.5 Å². The monoisotopic (exact) mass is 266 g/mol. The van der Waals surface area contributed by atoms with Gasteiger partial charge in [-0.05, 0) is 30.6 Å². The summed E-state index contributed by atoms with van der Waals surface area (Å²) in [5, 5.41) is 10.0. The number of rotatable bonds is 1. The van der Waals surface area contributed by atoms with E-state index in [0.717, 1.165) is 19.3 Å². The molecule has 1 N–H and O–H groups in total. The van der Waals surface area contributed by atoms with Crippen molar-refractivity contribution in [2.24, 2.45) is 23.2 Å². The van der Waals surface area contributed by atoms with Crippen LogP contribution < -0.4 is 0 Å². The molecule has 7 atom stereocenters. The van der Waals surface area contributed by atoms with Crippen LogP contribution in [0.1, 0.15) is 40.0 Å². The average Bonchev–Trinajstić information content (AvgIpc) is 2.69. The second-order valence-electron chi connectivity index (χ2n) is 6.88. The van der Waals surface area contributed by atoms with Gasteiger partial charge in [0.1, 0.15) is 0 Å². The number of methoxy groups -OCH3 is 1. The van der Waals surface area contributed by atoms with Crippen molar-refractivity contribution in [3.8, 4) is 0 Å². The normalized spacial score (nSPS) is 53.4. The highest BCUT2D eigenvalue weighted by Gasteiger charge is 2.57. The summed E-state index contributed by atoms with van der Waals surface area (Å²) in [5.74, 6) is 1.43. The third-order valence-electron chi connectivity index (χ3n) is 6.03. The quantitative estimate of drug-likeness (QED) is 0.742. The van der Waals surface area contributed by atoms with Crippen LogP contribution in [0, 0.1) is 23.2 Å². The third-order valence-corrected chi connectivity index (χ3v) is 6.03. The van der Waals surface area contributed by atoms with E-state index in [9.17, 15) is 5.11 Å². The Morgan fingerprint density at radius 2 is 2.16 bits per heavy atom. The van der Waals surface area contributed by atoms with Crippen LogP contribution in [0.25, 0.3) is 0 Å². The van der Waals surface area contributed by atoms with E-state index in [-0.39, 0.29) is 17.8 Å². The molecule has 2 fully saturated rings. The molecule has 3 nitrogen and oxygen atoms in total. The molecule has 0 radical (unpaired) electrons. The summed E-state index contributed by atoms with van der Waals surface area (Å²) in [5.41, 5.74) is 1.61. The van der Waals surface area contributed by atoms with Crippen molar-refractivity contribution in [1.29, 1.82) is 0 Å². The fourth-order valence-electron chi connectivity index (χ4n) is 4.94. The summed E-state index contributed by atoms with van der Waals surface area (Å²) in [7, 11) is 1.74. The van der Waals surface area contributed by atoms with Gasteiger partial charge in [-0.3, -0.25) is 0 Å². The van der Waals surface area contributed by atoms with E-state index in [1.807, 2.05) is 0 Å². The lowest BCUT2D eigenvalue weighted by Crippen LogP contribution is -2.49. The predicted molar refractivity (Wildman–Crippen MR) is 73.5 cm³/mol. The third kappa shape index (κ3) is 1.82. The molecule has 3 aliphatic rings. The van der Waals surface area contributed by atoms with Gasteiger partial charge >= 0.3 is 0 Å². The number of hydrogen-bond acceptors (Lipinski definition) is 3. The van der Waals surface area contributed by atoms with Crippen LogP contribution in [0.4, 0.5) is 0 Å². The summed E-state index contributed by atoms with van der Waals surface area (Å²) in [6.45, 7) is 6.92. The lowest BCUT2D eigenvalue weighted by atomic mass is 9.52. The van der Waals surface area contributed by atoms with Gasteiger partial charge in [-0.1, -0.05) is 32.4 Å². The first-order valence-corrected chi connectivity index (χ1v) is 7.56. The van der Waals surface area contributed by atoms with Crippen LogP contribution in [0.5, 0.6) is 0 Å². The Morgan fingerprint density at radius 3 is 2.84 bits per heavy atom. The lowest BCUT2D eigenvalue weighted by molar-refractivity contribution is -0.132. The van der Waals surface area contributed by atoms with Gasteiger partial charge < -0.3 is 14.6 Å². The Morgan fingerprint density at radius 1 is 1.42 bits per heavy atom. The molecule has 108 valence electrons. The molecule has 0 aromatic carbocycles. The van der Waals surface area contributed by atoms with Gasteiger partial charge in [0.05, 0.1) is 12.2 Å². The van der Waals surface area contributed by atoms with E-state index in [2.05, 4.69) is 26.8 Å². The molecule has 3 heteroatoms. The van der Waals surface area contributed by atoms with Gasteiger partial charge in [0, 0.05) is 18.9 Å². The van der Waals surface area contributed by atoms with E-state index in [1.165, 1.54) is 5.57 Å². The lowest BCUT2D eigenvalue weighted by Gasteiger charge is -2.52. The summed E-state index contributed by atoms with van der Waals surface area (Å²) < 4.78 is 11.6. The first-order chi connectivity index (χ1) is 8.98. The zero-order chi connectivity index (χ0) is 13.8. The highest BCUT2D eigenvalue weighted by molar-refractivity contribution is 5.26. The topological polar surface area (TPSA) is 38.7 Å². The molecular formula is C16H26O3. The Balaban J connectivity index is 1.99. The summed E-state index contributed by atoms with van der Waals surface area (Å²) in [6.07, 6.45) is 5.10. The highest BCUT2D eigenvalue weighted by atomic mass is 16.7. The van der Waals surface area contributed by atoms with E-state index < -0.39 is 0 Å². The predicted octanol–water partition coefficient (Wildman–Crippen LogP) is 2.74. The zero-order valence-electron chi connectivity index (χ0n) is 12.4. The van der Waals surface area contributed by atoms with Crippen LogP contribution >= 0.6 is 0 Å². The number of fused-ring (bicyclic) bond motifs is 3. The molecule has 0 unspecified atom stereocenters. The molecule has 1 aliphatic heterocycles. The Labute approximate surface area is 116 Å². The van der Waals surface area contributed by atoms with Gasteiger partial charge in [0.25, 0.3) is 0 Å². The van der Waals surface area contributed by atoms with Crippen LogP contribution in [0.15, 0.2) is 11.6 Å².